The molecule has 0 radical (unpaired) electrons. The van der Waals surface area contributed by atoms with Crippen molar-refractivity contribution in [3.05, 3.63) is 106 Å². The second-order valence-corrected chi connectivity index (χ2v) is 10.1. The third-order valence-electron chi connectivity index (χ3n) is 6.28. The molecule has 0 atom stereocenters. The van der Waals surface area contributed by atoms with E-state index in [9.17, 15) is 14.4 Å². The molecule has 4 rings (SSSR count). The van der Waals surface area contributed by atoms with Crippen LogP contribution in [0.5, 0.6) is 0 Å². The molecule has 11 heteroatoms. The second kappa shape index (κ2) is 13.3. The molecule has 0 aliphatic carbocycles. The first-order chi connectivity index (χ1) is 20.1. The second-order valence-electron chi connectivity index (χ2n) is 10.1. The number of aromatic nitrogens is 2. The molecule has 11 nitrogen and oxygen atoms in total. The van der Waals surface area contributed by atoms with Crippen LogP contribution in [-0.4, -0.2) is 33.2 Å². The maximum atomic E-state index is 13.5. The Morgan fingerprint density at radius 2 is 1.69 bits per heavy atom. The smallest absolute Gasteiger partial charge is 0.294 e. The minimum Gasteiger partial charge on any atom is -0.399 e. The summed E-state index contributed by atoms with van der Waals surface area (Å²) in [7, 11) is 0. The minimum atomic E-state index is -0.473. The SMILES string of the molecule is CC(C)Nc1ncc(-c2cc(N)cc(NC(=O)Cc3ccccc3)c2)n(CC(=O)NCc2ccc(C(=N)N)cc2)c1=O. The van der Waals surface area contributed by atoms with Crippen molar-refractivity contribution < 1.29 is 9.59 Å². The van der Waals surface area contributed by atoms with Crippen molar-refractivity contribution in [2.75, 3.05) is 16.4 Å². The van der Waals surface area contributed by atoms with Crippen LogP contribution in [0.4, 0.5) is 17.2 Å². The average molecular weight is 567 g/mol. The zero-order valence-corrected chi connectivity index (χ0v) is 23.5. The number of nitrogen functional groups attached to an aromatic ring is 2. The van der Waals surface area contributed by atoms with Gasteiger partial charge in [0, 0.05) is 35.1 Å². The van der Waals surface area contributed by atoms with Crippen molar-refractivity contribution in [3.63, 3.8) is 0 Å². The maximum absolute atomic E-state index is 13.5. The highest BCUT2D eigenvalue weighted by molar-refractivity contribution is 5.95. The first-order valence-electron chi connectivity index (χ1n) is 13.4. The van der Waals surface area contributed by atoms with Crippen LogP contribution in [-0.2, 0) is 29.1 Å². The standard InChI is InChI=1S/C31H34N8O3/c1-19(2)37-30-31(42)39(18-28(41)35-16-21-8-10-22(11-9-21)29(33)34)26(17-36-30)23-13-24(32)15-25(14-23)38-27(40)12-20-6-4-3-5-7-20/h3-11,13-15,17,19H,12,16,18,32H2,1-2H3,(H3,33,34)(H,35,41)(H,36,37)(H,38,40). The lowest BCUT2D eigenvalue weighted by molar-refractivity contribution is -0.121. The van der Waals surface area contributed by atoms with E-state index in [1.807, 2.05) is 44.2 Å². The average Bonchev–Trinajstić information content (AvgIpc) is 2.94. The third kappa shape index (κ3) is 7.81. The molecule has 0 spiro atoms. The van der Waals surface area contributed by atoms with Gasteiger partial charge in [-0.05, 0) is 43.2 Å². The number of nitrogens with one attached hydrogen (secondary N) is 4. The summed E-state index contributed by atoms with van der Waals surface area (Å²) in [5.74, 6) is -0.542. The van der Waals surface area contributed by atoms with Crippen molar-refractivity contribution >= 4 is 34.8 Å². The zero-order chi connectivity index (χ0) is 30.2. The van der Waals surface area contributed by atoms with E-state index in [2.05, 4.69) is 20.9 Å². The molecule has 1 heterocycles. The fraction of sp³-hybridized carbons (Fsp3) is 0.194. The van der Waals surface area contributed by atoms with Crippen LogP contribution in [0, 0.1) is 5.41 Å². The lowest BCUT2D eigenvalue weighted by atomic mass is 10.1. The number of anilines is 3. The molecule has 42 heavy (non-hydrogen) atoms. The van der Waals surface area contributed by atoms with Gasteiger partial charge in [0.05, 0.1) is 18.3 Å². The summed E-state index contributed by atoms with van der Waals surface area (Å²) in [6, 6.07) is 21.2. The Balaban J connectivity index is 1.59. The summed E-state index contributed by atoms with van der Waals surface area (Å²) in [6.45, 7) is 3.70. The number of hydrogen-bond acceptors (Lipinski definition) is 7. The van der Waals surface area contributed by atoms with E-state index in [0.717, 1.165) is 11.1 Å². The summed E-state index contributed by atoms with van der Waals surface area (Å²) >= 11 is 0. The highest BCUT2D eigenvalue weighted by Crippen LogP contribution is 2.26. The van der Waals surface area contributed by atoms with E-state index in [4.69, 9.17) is 16.9 Å². The Bertz CT molecular complexity index is 1650. The van der Waals surface area contributed by atoms with Crippen molar-refractivity contribution in [1.29, 1.82) is 5.41 Å². The highest BCUT2D eigenvalue weighted by atomic mass is 16.2. The Labute approximate surface area is 243 Å². The van der Waals surface area contributed by atoms with Gasteiger partial charge < -0.3 is 27.4 Å². The summed E-state index contributed by atoms with van der Waals surface area (Å²) in [5.41, 5.74) is 15.2. The Kier molecular flexibility index (Phi) is 9.33. The first-order valence-corrected chi connectivity index (χ1v) is 13.4. The van der Waals surface area contributed by atoms with Crippen LogP contribution in [0.15, 0.2) is 83.8 Å². The lowest BCUT2D eigenvalue weighted by Gasteiger charge is -2.17. The van der Waals surface area contributed by atoms with Gasteiger partial charge in [-0.3, -0.25) is 24.4 Å². The van der Waals surface area contributed by atoms with Gasteiger partial charge in [-0.2, -0.15) is 0 Å². The number of nitrogens with zero attached hydrogens (tertiary/aromatic N) is 2. The number of carbonyl (C=O) groups is 2. The zero-order valence-electron chi connectivity index (χ0n) is 23.5. The van der Waals surface area contributed by atoms with E-state index >= 15 is 0 Å². The molecule has 0 unspecified atom stereocenters. The number of carbonyl (C=O) groups excluding carboxylic acids is 2. The minimum absolute atomic E-state index is 0.0403. The van der Waals surface area contributed by atoms with Crippen molar-refractivity contribution in [2.45, 2.75) is 39.4 Å². The molecule has 1 aromatic heterocycles. The first kappa shape index (κ1) is 29.5. The van der Waals surface area contributed by atoms with Gasteiger partial charge in [-0.25, -0.2) is 4.98 Å². The van der Waals surface area contributed by atoms with E-state index < -0.39 is 11.5 Å². The van der Waals surface area contributed by atoms with Crippen molar-refractivity contribution in [1.82, 2.24) is 14.9 Å². The topological polar surface area (TPSA) is 181 Å². The van der Waals surface area contributed by atoms with Crippen molar-refractivity contribution in [2.24, 2.45) is 5.73 Å². The Hall–Kier alpha value is -5.45. The van der Waals surface area contributed by atoms with Gasteiger partial charge >= 0.3 is 0 Å². The molecular weight excluding hydrogens is 532 g/mol. The predicted octanol–water partition coefficient (Wildman–Crippen LogP) is 3.09. The van der Waals surface area contributed by atoms with E-state index in [1.165, 1.54) is 10.8 Å². The van der Waals surface area contributed by atoms with E-state index in [0.29, 0.717) is 28.2 Å². The summed E-state index contributed by atoms with van der Waals surface area (Å²) in [4.78, 5) is 43.5. The van der Waals surface area contributed by atoms with Crippen LogP contribution in [0.1, 0.15) is 30.5 Å². The van der Waals surface area contributed by atoms with Crippen LogP contribution in [0.2, 0.25) is 0 Å². The Morgan fingerprint density at radius 3 is 2.36 bits per heavy atom. The number of benzene rings is 3. The molecule has 8 N–H and O–H groups in total. The number of amidine groups is 1. The van der Waals surface area contributed by atoms with Crippen LogP contribution in [0.3, 0.4) is 0 Å². The fourth-order valence-corrected chi connectivity index (χ4v) is 4.31. The molecule has 4 aromatic rings. The summed E-state index contributed by atoms with van der Waals surface area (Å²) < 4.78 is 1.33. The molecule has 0 aliphatic heterocycles. The molecule has 0 fully saturated rings. The molecule has 216 valence electrons. The molecular formula is C31H34N8O3. The Morgan fingerprint density at radius 1 is 0.976 bits per heavy atom. The normalized spacial score (nSPS) is 10.7. The molecule has 3 aromatic carbocycles. The van der Waals surface area contributed by atoms with Crippen molar-refractivity contribution in [3.8, 4) is 11.3 Å². The fourth-order valence-electron chi connectivity index (χ4n) is 4.31. The van der Waals surface area contributed by atoms with Gasteiger partial charge in [-0.15, -0.1) is 0 Å². The van der Waals surface area contributed by atoms with Gasteiger partial charge in [0.2, 0.25) is 11.8 Å². The van der Waals surface area contributed by atoms with Crippen LogP contribution < -0.4 is 33.0 Å². The third-order valence-corrected chi connectivity index (χ3v) is 6.28. The lowest BCUT2D eigenvalue weighted by Crippen LogP contribution is -2.35. The maximum Gasteiger partial charge on any atom is 0.294 e. The van der Waals surface area contributed by atoms with Crippen LogP contribution in [0.25, 0.3) is 11.3 Å². The van der Waals surface area contributed by atoms with Gasteiger partial charge in [0.1, 0.15) is 12.4 Å². The van der Waals surface area contributed by atoms with Gasteiger partial charge in [-0.1, -0.05) is 54.6 Å². The number of amides is 2. The molecule has 2 amide bonds. The summed E-state index contributed by atoms with van der Waals surface area (Å²) in [5, 5.41) is 16.2. The predicted molar refractivity (Wildman–Crippen MR) is 165 cm³/mol. The number of rotatable bonds is 11. The van der Waals surface area contributed by atoms with Crippen LogP contribution >= 0.6 is 0 Å². The molecule has 0 aliphatic rings. The van der Waals surface area contributed by atoms with E-state index in [1.54, 1.807) is 42.5 Å². The quantitative estimate of drug-likeness (QED) is 0.0916. The molecule has 0 saturated carbocycles. The molecule has 0 bridgehead atoms. The number of hydrogen-bond donors (Lipinski definition) is 6. The molecule has 0 saturated heterocycles. The van der Waals surface area contributed by atoms with E-state index in [-0.39, 0.29) is 43.1 Å². The van der Waals surface area contributed by atoms with Gasteiger partial charge in [0.15, 0.2) is 5.82 Å². The number of nitrogens with two attached hydrogens (primary N) is 2. The monoisotopic (exact) mass is 566 g/mol. The largest absolute Gasteiger partial charge is 0.399 e. The highest BCUT2D eigenvalue weighted by Gasteiger charge is 2.17. The van der Waals surface area contributed by atoms with Gasteiger partial charge in [0.25, 0.3) is 5.56 Å². The summed E-state index contributed by atoms with van der Waals surface area (Å²) in [6.07, 6.45) is 1.69.